The predicted octanol–water partition coefficient (Wildman–Crippen LogP) is 1.88. The molecule has 0 aliphatic heterocycles. The van der Waals surface area contributed by atoms with Crippen LogP contribution in [0, 0.1) is 20.8 Å². The Labute approximate surface area is 97.2 Å². The topological polar surface area (TPSA) is 46.3 Å². The van der Waals surface area contributed by atoms with Gasteiger partial charge in [0.15, 0.2) is 0 Å². The quantitative estimate of drug-likeness (QED) is 0.480. The highest BCUT2D eigenvalue weighted by Crippen LogP contribution is 2.18. The van der Waals surface area contributed by atoms with E-state index in [-0.39, 0.29) is 5.91 Å². The van der Waals surface area contributed by atoms with Crippen molar-refractivity contribution in [2.24, 2.45) is 5.84 Å². The SMILES string of the molecule is Cc1cc(C)c(CCC(=O)N(C)N)c(C)c1. The fourth-order valence-electron chi connectivity index (χ4n) is 2.01. The summed E-state index contributed by atoms with van der Waals surface area (Å²) >= 11 is 0. The Balaban J connectivity index is 2.78. The van der Waals surface area contributed by atoms with Gasteiger partial charge in [0, 0.05) is 13.5 Å². The van der Waals surface area contributed by atoms with E-state index in [0.717, 1.165) is 11.4 Å². The van der Waals surface area contributed by atoms with Crippen LogP contribution in [0.5, 0.6) is 0 Å². The van der Waals surface area contributed by atoms with Crippen LogP contribution in [0.15, 0.2) is 12.1 Å². The number of carbonyl (C=O) groups is 1. The average molecular weight is 220 g/mol. The number of hydrogen-bond donors (Lipinski definition) is 1. The van der Waals surface area contributed by atoms with Crippen molar-refractivity contribution in [3.8, 4) is 0 Å². The van der Waals surface area contributed by atoms with Crippen LogP contribution in [0.25, 0.3) is 0 Å². The Hall–Kier alpha value is -1.35. The van der Waals surface area contributed by atoms with Gasteiger partial charge in [-0.25, -0.2) is 5.84 Å². The van der Waals surface area contributed by atoms with Crippen molar-refractivity contribution >= 4 is 5.91 Å². The Morgan fingerprint density at radius 3 is 2.19 bits per heavy atom. The zero-order valence-corrected chi connectivity index (χ0v) is 10.5. The molecule has 1 rings (SSSR count). The second-order valence-corrected chi connectivity index (χ2v) is 4.38. The van der Waals surface area contributed by atoms with Crippen LogP contribution in [-0.4, -0.2) is 18.0 Å². The van der Waals surface area contributed by atoms with Crippen LogP contribution in [0.4, 0.5) is 0 Å². The van der Waals surface area contributed by atoms with E-state index in [4.69, 9.17) is 5.84 Å². The van der Waals surface area contributed by atoms with Crippen molar-refractivity contribution in [2.45, 2.75) is 33.6 Å². The van der Waals surface area contributed by atoms with Gasteiger partial charge in [0.2, 0.25) is 5.91 Å². The lowest BCUT2D eigenvalue weighted by atomic mass is 9.96. The van der Waals surface area contributed by atoms with E-state index < -0.39 is 0 Å². The maximum Gasteiger partial charge on any atom is 0.236 e. The molecule has 0 spiro atoms. The molecule has 2 N–H and O–H groups in total. The number of amides is 1. The second-order valence-electron chi connectivity index (χ2n) is 4.38. The number of rotatable bonds is 3. The Morgan fingerprint density at radius 2 is 1.75 bits per heavy atom. The van der Waals surface area contributed by atoms with Crippen LogP contribution in [0.3, 0.4) is 0 Å². The molecule has 1 amide bonds. The third kappa shape index (κ3) is 3.07. The largest absolute Gasteiger partial charge is 0.284 e. The number of hydrazine groups is 1. The summed E-state index contributed by atoms with van der Waals surface area (Å²) in [5.74, 6) is 5.36. The first-order chi connectivity index (χ1) is 7.41. The molecular weight excluding hydrogens is 200 g/mol. The summed E-state index contributed by atoms with van der Waals surface area (Å²) in [5.41, 5.74) is 5.04. The molecule has 0 saturated carbocycles. The zero-order chi connectivity index (χ0) is 12.3. The molecule has 0 heterocycles. The molecule has 0 radical (unpaired) electrons. The van der Waals surface area contributed by atoms with Crippen molar-refractivity contribution < 1.29 is 4.79 Å². The standard InChI is InChI=1S/C13H20N2O/c1-9-7-10(2)12(11(3)8-9)5-6-13(16)15(4)14/h7-8H,5-6,14H2,1-4H3. The summed E-state index contributed by atoms with van der Waals surface area (Å²) in [5, 5.41) is 1.15. The summed E-state index contributed by atoms with van der Waals surface area (Å²) in [7, 11) is 1.58. The third-order valence-corrected chi connectivity index (χ3v) is 2.82. The minimum atomic E-state index is -0.0284. The lowest BCUT2D eigenvalue weighted by Gasteiger charge is -2.13. The third-order valence-electron chi connectivity index (χ3n) is 2.82. The molecule has 16 heavy (non-hydrogen) atoms. The maximum absolute atomic E-state index is 11.4. The minimum absolute atomic E-state index is 0.0284. The van der Waals surface area contributed by atoms with Gasteiger partial charge in [0.05, 0.1) is 0 Å². The summed E-state index contributed by atoms with van der Waals surface area (Å²) in [6, 6.07) is 4.30. The van der Waals surface area contributed by atoms with Crippen molar-refractivity contribution in [3.63, 3.8) is 0 Å². The Kier molecular flexibility index (Phi) is 4.07. The fourth-order valence-corrected chi connectivity index (χ4v) is 2.01. The van der Waals surface area contributed by atoms with Gasteiger partial charge in [0.25, 0.3) is 0 Å². The van der Waals surface area contributed by atoms with Crippen molar-refractivity contribution in [3.05, 3.63) is 34.4 Å². The maximum atomic E-state index is 11.4. The van der Waals surface area contributed by atoms with Crippen LogP contribution in [-0.2, 0) is 11.2 Å². The molecule has 88 valence electrons. The molecule has 3 heteroatoms. The molecule has 0 atom stereocenters. The van der Waals surface area contributed by atoms with Gasteiger partial charge in [-0.3, -0.25) is 9.80 Å². The van der Waals surface area contributed by atoms with Crippen LogP contribution < -0.4 is 5.84 Å². The number of benzene rings is 1. The van der Waals surface area contributed by atoms with E-state index in [1.54, 1.807) is 7.05 Å². The van der Waals surface area contributed by atoms with E-state index in [2.05, 4.69) is 32.9 Å². The summed E-state index contributed by atoms with van der Waals surface area (Å²) in [6.45, 7) is 6.26. The Bertz CT molecular complexity index is 374. The molecule has 0 aliphatic carbocycles. The lowest BCUT2D eigenvalue weighted by molar-refractivity contribution is -0.130. The zero-order valence-electron chi connectivity index (χ0n) is 10.5. The van der Waals surface area contributed by atoms with E-state index in [1.165, 1.54) is 22.3 Å². The first kappa shape index (κ1) is 12.7. The van der Waals surface area contributed by atoms with Crippen LogP contribution in [0.1, 0.15) is 28.7 Å². The lowest BCUT2D eigenvalue weighted by Crippen LogP contribution is -2.33. The highest BCUT2D eigenvalue weighted by Gasteiger charge is 2.08. The van der Waals surface area contributed by atoms with E-state index in [9.17, 15) is 4.79 Å². The molecule has 0 bridgehead atoms. The number of carbonyl (C=O) groups excluding carboxylic acids is 1. The van der Waals surface area contributed by atoms with Gasteiger partial charge < -0.3 is 0 Å². The molecule has 0 fully saturated rings. The highest BCUT2D eigenvalue weighted by atomic mass is 16.2. The molecule has 0 aliphatic rings. The number of nitrogens with zero attached hydrogens (tertiary/aromatic N) is 1. The average Bonchev–Trinajstić information content (AvgIpc) is 2.15. The second kappa shape index (κ2) is 5.12. The first-order valence-corrected chi connectivity index (χ1v) is 5.49. The Morgan fingerprint density at radius 1 is 1.25 bits per heavy atom. The fraction of sp³-hybridized carbons (Fsp3) is 0.462. The molecule has 3 nitrogen and oxygen atoms in total. The normalized spacial score (nSPS) is 10.3. The minimum Gasteiger partial charge on any atom is -0.284 e. The molecule has 0 unspecified atom stereocenters. The first-order valence-electron chi connectivity index (χ1n) is 5.49. The predicted molar refractivity (Wildman–Crippen MR) is 65.9 cm³/mol. The van der Waals surface area contributed by atoms with Crippen molar-refractivity contribution in [1.82, 2.24) is 5.01 Å². The van der Waals surface area contributed by atoms with E-state index in [1.807, 2.05) is 0 Å². The summed E-state index contributed by atoms with van der Waals surface area (Å²) in [4.78, 5) is 11.4. The number of aryl methyl sites for hydroxylation is 3. The smallest absolute Gasteiger partial charge is 0.236 e. The van der Waals surface area contributed by atoms with Crippen molar-refractivity contribution in [1.29, 1.82) is 0 Å². The van der Waals surface area contributed by atoms with Gasteiger partial charge in [-0.15, -0.1) is 0 Å². The van der Waals surface area contributed by atoms with E-state index in [0.29, 0.717) is 6.42 Å². The molecule has 1 aromatic rings. The monoisotopic (exact) mass is 220 g/mol. The van der Waals surface area contributed by atoms with Gasteiger partial charge >= 0.3 is 0 Å². The highest BCUT2D eigenvalue weighted by molar-refractivity contribution is 5.75. The van der Waals surface area contributed by atoms with E-state index >= 15 is 0 Å². The summed E-state index contributed by atoms with van der Waals surface area (Å²) < 4.78 is 0. The molecule has 1 aromatic carbocycles. The summed E-state index contributed by atoms with van der Waals surface area (Å²) in [6.07, 6.45) is 1.23. The number of nitrogens with two attached hydrogens (primary N) is 1. The van der Waals surface area contributed by atoms with Crippen LogP contribution >= 0.6 is 0 Å². The molecule has 0 saturated heterocycles. The molecule has 0 aromatic heterocycles. The number of hydrogen-bond acceptors (Lipinski definition) is 2. The van der Waals surface area contributed by atoms with Crippen molar-refractivity contribution in [2.75, 3.05) is 7.05 Å². The van der Waals surface area contributed by atoms with Gasteiger partial charge in [-0.05, 0) is 43.9 Å². The van der Waals surface area contributed by atoms with Gasteiger partial charge in [-0.1, -0.05) is 17.7 Å². The van der Waals surface area contributed by atoms with Crippen LogP contribution in [0.2, 0.25) is 0 Å². The van der Waals surface area contributed by atoms with Gasteiger partial charge in [-0.2, -0.15) is 0 Å². The molecular formula is C13H20N2O. The van der Waals surface area contributed by atoms with Gasteiger partial charge in [0.1, 0.15) is 0 Å².